The van der Waals surface area contributed by atoms with Crippen molar-refractivity contribution in [3.63, 3.8) is 0 Å². The molecule has 0 aliphatic carbocycles. The highest BCUT2D eigenvalue weighted by molar-refractivity contribution is 7.91. The largest absolute Gasteiger partial charge is 0.265 e. The van der Waals surface area contributed by atoms with Crippen LogP contribution in [-0.4, -0.2) is 46.0 Å². The summed E-state index contributed by atoms with van der Waals surface area (Å²) in [5.74, 6) is 0. The van der Waals surface area contributed by atoms with Crippen LogP contribution in [0.25, 0.3) is 0 Å². The van der Waals surface area contributed by atoms with E-state index in [0.29, 0.717) is 12.0 Å². The molecule has 8 heteroatoms. The molecule has 0 fully saturated rings. The van der Waals surface area contributed by atoms with Crippen molar-refractivity contribution in [2.75, 3.05) is 19.8 Å². The molecule has 0 aliphatic rings. The van der Waals surface area contributed by atoms with Crippen LogP contribution >= 0.6 is 0 Å². The first-order valence-corrected chi connectivity index (χ1v) is 10.6. The van der Waals surface area contributed by atoms with Crippen LogP contribution in [-0.2, 0) is 26.3 Å². The Hall–Kier alpha value is -1.77. The minimum atomic E-state index is -3.77. The minimum absolute atomic E-state index is 0.00536. The number of hydrogen-bond acceptors (Lipinski definition) is 5. The molecule has 0 bridgehead atoms. The first kappa shape index (κ1) is 18.6. The lowest BCUT2D eigenvalue weighted by atomic mass is 10.2. The van der Waals surface area contributed by atoms with Gasteiger partial charge in [0.05, 0.1) is 9.79 Å². The third-order valence-corrected chi connectivity index (χ3v) is 6.85. The summed E-state index contributed by atoms with van der Waals surface area (Å²) in [5, 5.41) is 0. The Morgan fingerprint density at radius 2 is 1.67 bits per heavy atom. The molecule has 0 radical (unpaired) electrons. The zero-order valence-corrected chi connectivity index (χ0v) is 15.4. The molecular formula is C16H20N2O4S2. The monoisotopic (exact) mass is 368 g/mol. The molecule has 1 heterocycles. The molecule has 0 atom stereocenters. The van der Waals surface area contributed by atoms with E-state index in [1.54, 1.807) is 19.3 Å². The van der Waals surface area contributed by atoms with E-state index in [4.69, 9.17) is 0 Å². The van der Waals surface area contributed by atoms with Gasteiger partial charge in [-0.05, 0) is 48.7 Å². The van der Waals surface area contributed by atoms with E-state index in [1.165, 1.54) is 29.6 Å². The van der Waals surface area contributed by atoms with Crippen LogP contribution in [0.4, 0.5) is 0 Å². The van der Waals surface area contributed by atoms with Crippen molar-refractivity contribution in [1.82, 2.24) is 9.29 Å². The number of aromatic nitrogens is 1. The summed E-state index contributed by atoms with van der Waals surface area (Å²) in [7, 11) is -5.75. The van der Waals surface area contributed by atoms with E-state index >= 15 is 0 Å². The lowest BCUT2D eigenvalue weighted by molar-refractivity contribution is 0.472. The molecule has 1 aromatic carbocycles. The molecule has 0 spiro atoms. The van der Waals surface area contributed by atoms with Crippen molar-refractivity contribution < 1.29 is 16.8 Å². The minimum Gasteiger partial charge on any atom is -0.265 e. The molecular weight excluding hydrogens is 348 g/mol. The second-order valence-corrected chi connectivity index (χ2v) is 9.66. The Labute approximate surface area is 143 Å². The molecule has 2 rings (SSSR count). The van der Waals surface area contributed by atoms with Gasteiger partial charge in [-0.3, -0.25) is 4.98 Å². The van der Waals surface area contributed by atoms with Gasteiger partial charge in [0.25, 0.3) is 0 Å². The van der Waals surface area contributed by atoms with Crippen LogP contribution < -0.4 is 0 Å². The third kappa shape index (κ3) is 4.19. The molecule has 0 saturated carbocycles. The first-order valence-electron chi connectivity index (χ1n) is 7.28. The van der Waals surface area contributed by atoms with Gasteiger partial charge in [-0.1, -0.05) is 6.07 Å². The predicted molar refractivity (Wildman–Crippen MR) is 92.0 cm³/mol. The van der Waals surface area contributed by atoms with Crippen molar-refractivity contribution in [2.24, 2.45) is 0 Å². The highest BCUT2D eigenvalue weighted by Gasteiger charge is 2.24. The number of rotatable bonds is 6. The maximum absolute atomic E-state index is 12.8. The van der Waals surface area contributed by atoms with E-state index in [9.17, 15) is 16.8 Å². The number of hydrogen-bond donors (Lipinski definition) is 0. The van der Waals surface area contributed by atoms with E-state index in [2.05, 4.69) is 4.98 Å². The fraction of sp³-hybridized carbons (Fsp3) is 0.312. The Balaban J connectivity index is 2.29. The van der Waals surface area contributed by atoms with Crippen molar-refractivity contribution in [2.45, 2.75) is 23.1 Å². The van der Waals surface area contributed by atoms with Gasteiger partial charge in [0.15, 0.2) is 9.84 Å². The van der Waals surface area contributed by atoms with Crippen LogP contribution in [0, 0.1) is 6.92 Å². The van der Waals surface area contributed by atoms with Crippen LogP contribution in [0.1, 0.15) is 11.1 Å². The van der Waals surface area contributed by atoms with Crippen molar-refractivity contribution in [3.05, 3.63) is 53.9 Å². The van der Waals surface area contributed by atoms with Gasteiger partial charge in [-0.15, -0.1) is 0 Å². The molecule has 1 aromatic heterocycles. The lowest BCUT2D eigenvalue weighted by Gasteiger charge is -2.19. The smallest absolute Gasteiger partial charge is 0.243 e. The van der Waals surface area contributed by atoms with Gasteiger partial charge in [0.1, 0.15) is 0 Å². The normalized spacial score (nSPS) is 12.5. The summed E-state index contributed by atoms with van der Waals surface area (Å²) in [4.78, 5) is 3.94. The van der Waals surface area contributed by atoms with Gasteiger partial charge < -0.3 is 0 Å². The Bertz CT molecular complexity index is 924. The molecule has 0 N–H and O–H groups in total. The Morgan fingerprint density at radius 1 is 1.04 bits per heavy atom. The molecule has 0 aliphatic heterocycles. The summed E-state index contributed by atoms with van der Waals surface area (Å²) >= 11 is 0. The van der Waals surface area contributed by atoms with Crippen molar-refractivity contribution in [3.8, 4) is 0 Å². The number of benzene rings is 1. The van der Waals surface area contributed by atoms with Crippen LogP contribution in [0.15, 0.2) is 52.5 Å². The van der Waals surface area contributed by atoms with E-state index in [1.807, 2.05) is 12.1 Å². The summed E-state index contributed by atoms with van der Waals surface area (Å²) in [6.45, 7) is 1.94. The molecule has 130 valence electrons. The van der Waals surface area contributed by atoms with Crippen LogP contribution in [0.5, 0.6) is 0 Å². The topological polar surface area (TPSA) is 84.4 Å². The molecule has 6 nitrogen and oxygen atoms in total. The predicted octanol–water partition coefficient (Wildman–Crippen LogP) is 1.66. The molecule has 0 amide bonds. The summed E-state index contributed by atoms with van der Waals surface area (Å²) in [6, 6.07) is 7.82. The molecule has 0 saturated heterocycles. The van der Waals surface area contributed by atoms with Gasteiger partial charge in [0.2, 0.25) is 10.0 Å². The number of likely N-dealkylation sites (N-methyl/N-ethyl adjacent to an activating group) is 1. The standard InChI is InChI=1S/C16H20N2O4S2/c1-13-4-5-15(23(3,19)20)12-16(13)24(21,22)18(2)11-8-14-6-9-17-10-7-14/h4-7,9-10,12H,8,11H2,1-3H3. The lowest BCUT2D eigenvalue weighted by Crippen LogP contribution is -2.29. The second-order valence-electron chi connectivity index (χ2n) is 5.63. The fourth-order valence-electron chi connectivity index (χ4n) is 2.21. The van der Waals surface area contributed by atoms with Gasteiger partial charge >= 0.3 is 0 Å². The fourth-order valence-corrected chi connectivity index (χ4v) is 4.35. The number of nitrogens with zero attached hydrogens (tertiary/aromatic N) is 2. The first-order chi connectivity index (χ1) is 11.1. The average Bonchev–Trinajstić information content (AvgIpc) is 2.52. The summed E-state index contributed by atoms with van der Waals surface area (Å²) in [6.07, 6.45) is 4.91. The van der Waals surface area contributed by atoms with Gasteiger partial charge in [-0.2, -0.15) is 0 Å². The van der Waals surface area contributed by atoms with Gasteiger partial charge in [0, 0.05) is 32.2 Å². The van der Waals surface area contributed by atoms with E-state index in [-0.39, 0.29) is 16.3 Å². The van der Waals surface area contributed by atoms with E-state index in [0.717, 1.165) is 11.8 Å². The van der Waals surface area contributed by atoms with Gasteiger partial charge in [-0.25, -0.2) is 21.1 Å². The van der Waals surface area contributed by atoms with Crippen LogP contribution in [0.2, 0.25) is 0 Å². The Morgan fingerprint density at radius 3 is 2.25 bits per heavy atom. The number of pyridine rings is 1. The highest BCUT2D eigenvalue weighted by Crippen LogP contribution is 2.23. The van der Waals surface area contributed by atoms with Crippen molar-refractivity contribution >= 4 is 19.9 Å². The average molecular weight is 368 g/mol. The number of aryl methyl sites for hydroxylation is 1. The molecule has 0 unspecified atom stereocenters. The number of sulfonamides is 1. The zero-order chi connectivity index (χ0) is 18.0. The molecule has 24 heavy (non-hydrogen) atoms. The van der Waals surface area contributed by atoms with E-state index < -0.39 is 19.9 Å². The zero-order valence-electron chi connectivity index (χ0n) is 13.8. The maximum Gasteiger partial charge on any atom is 0.243 e. The SMILES string of the molecule is Cc1ccc(S(C)(=O)=O)cc1S(=O)(=O)N(C)CCc1ccncc1. The highest BCUT2D eigenvalue weighted by atomic mass is 32.2. The quantitative estimate of drug-likeness (QED) is 0.774. The molecule has 2 aromatic rings. The van der Waals surface area contributed by atoms with Crippen molar-refractivity contribution in [1.29, 1.82) is 0 Å². The maximum atomic E-state index is 12.8. The second kappa shape index (κ2) is 7.00. The Kier molecular flexibility index (Phi) is 5.42. The van der Waals surface area contributed by atoms with Crippen LogP contribution in [0.3, 0.4) is 0 Å². The summed E-state index contributed by atoms with van der Waals surface area (Å²) in [5.41, 5.74) is 1.49. The number of sulfone groups is 1. The third-order valence-electron chi connectivity index (χ3n) is 3.74. The summed E-state index contributed by atoms with van der Waals surface area (Å²) < 4.78 is 50.2.